The molecule has 134 valence electrons. The Kier molecular flexibility index (Phi) is 5.08. The number of nitrogens with one attached hydrogen (secondary N) is 1. The minimum absolute atomic E-state index is 0.0566. The molecule has 1 amide bonds. The number of carbonyl (C=O) groups excluding carboxylic acids is 1. The van der Waals surface area contributed by atoms with Gasteiger partial charge in [-0.3, -0.25) is 9.78 Å². The molecule has 2 aromatic heterocycles. The van der Waals surface area contributed by atoms with E-state index in [2.05, 4.69) is 39.7 Å². The number of carbonyl (C=O) groups is 1. The lowest BCUT2D eigenvalue weighted by atomic mass is 10.1. The van der Waals surface area contributed by atoms with E-state index in [-0.39, 0.29) is 11.9 Å². The lowest BCUT2D eigenvalue weighted by Gasteiger charge is -2.32. The first-order valence-corrected chi connectivity index (χ1v) is 10.7. The number of piperidine rings is 1. The number of nitrogens with zero attached hydrogens (tertiary/aromatic N) is 3. The molecular formula is C19H20N4OS2. The Morgan fingerprint density at radius 3 is 3.08 bits per heavy atom. The average Bonchev–Trinajstić information content (AvgIpc) is 3.13. The maximum atomic E-state index is 12.4. The number of thioether (sulfide) groups is 1. The third-order valence-corrected chi connectivity index (χ3v) is 6.39. The number of benzene rings is 1. The summed E-state index contributed by atoms with van der Waals surface area (Å²) in [6, 6.07) is 10.0. The fourth-order valence-corrected chi connectivity index (χ4v) is 4.90. The van der Waals surface area contributed by atoms with E-state index < -0.39 is 0 Å². The summed E-state index contributed by atoms with van der Waals surface area (Å²) in [4.78, 5) is 24.8. The molecule has 0 bridgehead atoms. The zero-order valence-electron chi connectivity index (χ0n) is 14.5. The Bertz CT molecular complexity index is 912. The van der Waals surface area contributed by atoms with Crippen molar-refractivity contribution in [2.75, 3.05) is 24.2 Å². The van der Waals surface area contributed by atoms with E-state index in [0.717, 1.165) is 36.6 Å². The van der Waals surface area contributed by atoms with Crippen LogP contribution in [0.5, 0.6) is 0 Å². The second kappa shape index (κ2) is 7.63. The molecule has 1 aliphatic heterocycles. The van der Waals surface area contributed by atoms with Crippen molar-refractivity contribution in [2.45, 2.75) is 23.8 Å². The second-order valence-electron chi connectivity index (χ2n) is 6.30. The van der Waals surface area contributed by atoms with Crippen LogP contribution in [-0.4, -0.2) is 41.3 Å². The number of pyridine rings is 1. The standard InChI is InChI=1S/C19H20N4OS2/c1-25-15-7-2-8-16-17(15)22-19(26-16)23-10-4-6-14(12-23)21-18(24)13-5-3-9-20-11-13/h2-3,5,7-9,11,14H,4,6,10,12H2,1H3,(H,21,24). The maximum Gasteiger partial charge on any atom is 0.253 e. The van der Waals surface area contributed by atoms with Gasteiger partial charge < -0.3 is 10.2 Å². The van der Waals surface area contributed by atoms with Gasteiger partial charge in [0.25, 0.3) is 5.91 Å². The van der Waals surface area contributed by atoms with Crippen LogP contribution in [0.2, 0.25) is 0 Å². The van der Waals surface area contributed by atoms with Crippen LogP contribution in [0.25, 0.3) is 10.2 Å². The second-order valence-corrected chi connectivity index (χ2v) is 8.16. The highest BCUT2D eigenvalue weighted by Gasteiger charge is 2.24. The number of amides is 1. The topological polar surface area (TPSA) is 58.1 Å². The number of thiazole rings is 1. The molecular weight excluding hydrogens is 364 g/mol. The zero-order valence-corrected chi connectivity index (χ0v) is 16.1. The number of para-hydroxylation sites is 1. The van der Waals surface area contributed by atoms with Gasteiger partial charge in [0.05, 0.1) is 15.8 Å². The Morgan fingerprint density at radius 2 is 2.27 bits per heavy atom. The number of rotatable bonds is 4. The summed E-state index contributed by atoms with van der Waals surface area (Å²) < 4.78 is 1.22. The first kappa shape index (κ1) is 17.3. The zero-order chi connectivity index (χ0) is 17.9. The van der Waals surface area contributed by atoms with E-state index >= 15 is 0 Å². The van der Waals surface area contributed by atoms with Crippen molar-refractivity contribution >= 4 is 44.4 Å². The van der Waals surface area contributed by atoms with Gasteiger partial charge in [0.2, 0.25) is 0 Å². The molecule has 3 heterocycles. The van der Waals surface area contributed by atoms with Gasteiger partial charge in [-0.2, -0.15) is 0 Å². The van der Waals surface area contributed by atoms with Crippen LogP contribution in [-0.2, 0) is 0 Å². The molecule has 26 heavy (non-hydrogen) atoms. The Morgan fingerprint density at radius 1 is 1.35 bits per heavy atom. The smallest absolute Gasteiger partial charge is 0.253 e. The Labute approximate surface area is 160 Å². The molecule has 1 N–H and O–H groups in total. The fourth-order valence-electron chi connectivity index (χ4n) is 3.25. The maximum absolute atomic E-state index is 12.4. The molecule has 1 aromatic carbocycles. The molecule has 1 saturated heterocycles. The van der Waals surface area contributed by atoms with Gasteiger partial charge in [0.1, 0.15) is 0 Å². The van der Waals surface area contributed by atoms with Crippen molar-refractivity contribution in [3.8, 4) is 0 Å². The Hall–Kier alpha value is -2.12. The van der Waals surface area contributed by atoms with Gasteiger partial charge >= 0.3 is 0 Å². The van der Waals surface area contributed by atoms with Gasteiger partial charge in [-0.25, -0.2) is 4.98 Å². The van der Waals surface area contributed by atoms with Gasteiger partial charge in [-0.15, -0.1) is 11.8 Å². The summed E-state index contributed by atoms with van der Waals surface area (Å²) in [5.74, 6) is -0.0566. The molecule has 0 spiro atoms. The molecule has 3 aromatic rings. The van der Waals surface area contributed by atoms with E-state index in [4.69, 9.17) is 4.98 Å². The van der Waals surface area contributed by atoms with Gasteiger partial charge in [-0.05, 0) is 43.4 Å². The van der Waals surface area contributed by atoms with Crippen molar-refractivity contribution in [1.29, 1.82) is 0 Å². The van der Waals surface area contributed by atoms with Crippen LogP contribution in [0.3, 0.4) is 0 Å². The lowest BCUT2D eigenvalue weighted by molar-refractivity contribution is 0.0933. The molecule has 4 rings (SSSR count). The highest BCUT2D eigenvalue weighted by molar-refractivity contribution is 7.98. The molecule has 0 saturated carbocycles. The molecule has 1 fully saturated rings. The predicted molar refractivity (Wildman–Crippen MR) is 108 cm³/mol. The minimum atomic E-state index is -0.0566. The van der Waals surface area contributed by atoms with E-state index in [0.29, 0.717) is 5.56 Å². The molecule has 0 radical (unpaired) electrons. The minimum Gasteiger partial charge on any atom is -0.347 e. The molecule has 1 unspecified atom stereocenters. The average molecular weight is 385 g/mol. The first-order chi connectivity index (χ1) is 12.7. The van der Waals surface area contributed by atoms with Gasteiger partial charge in [-0.1, -0.05) is 17.4 Å². The van der Waals surface area contributed by atoms with Crippen LogP contribution >= 0.6 is 23.1 Å². The third kappa shape index (κ3) is 3.54. The number of aromatic nitrogens is 2. The van der Waals surface area contributed by atoms with Crippen LogP contribution in [0.1, 0.15) is 23.2 Å². The summed E-state index contributed by atoms with van der Waals surface area (Å²) in [7, 11) is 0. The van der Waals surface area contributed by atoms with Crippen LogP contribution < -0.4 is 10.2 Å². The highest BCUT2D eigenvalue weighted by Crippen LogP contribution is 2.34. The van der Waals surface area contributed by atoms with Gasteiger partial charge in [0.15, 0.2) is 5.13 Å². The van der Waals surface area contributed by atoms with E-state index in [1.54, 1.807) is 47.6 Å². The monoisotopic (exact) mass is 384 g/mol. The number of hydrogen-bond acceptors (Lipinski definition) is 6. The Balaban J connectivity index is 1.49. The summed E-state index contributed by atoms with van der Waals surface area (Å²) >= 11 is 3.46. The van der Waals surface area contributed by atoms with E-state index in [1.807, 2.05) is 0 Å². The number of fused-ring (bicyclic) bond motifs is 1. The summed E-state index contributed by atoms with van der Waals surface area (Å²) in [6.45, 7) is 1.77. The number of anilines is 1. The predicted octanol–water partition coefficient (Wildman–Crippen LogP) is 3.81. The molecule has 1 atom stereocenters. The van der Waals surface area contributed by atoms with Crippen molar-refractivity contribution in [3.63, 3.8) is 0 Å². The molecule has 1 aliphatic rings. The molecule has 5 nitrogen and oxygen atoms in total. The van der Waals surface area contributed by atoms with E-state index in [1.165, 1.54) is 9.60 Å². The van der Waals surface area contributed by atoms with Crippen LogP contribution in [0, 0.1) is 0 Å². The normalized spacial score (nSPS) is 17.4. The SMILES string of the molecule is CSc1cccc2sc(N3CCCC(NC(=O)c4cccnc4)C3)nc12. The summed E-state index contributed by atoms with van der Waals surface area (Å²) in [5, 5.41) is 4.19. The van der Waals surface area contributed by atoms with Crippen molar-refractivity contribution in [2.24, 2.45) is 0 Å². The number of hydrogen-bond donors (Lipinski definition) is 1. The largest absolute Gasteiger partial charge is 0.347 e. The summed E-state index contributed by atoms with van der Waals surface area (Å²) in [6.07, 6.45) is 7.40. The van der Waals surface area contributed by atoms with Crippen molar-refractivity contribution < 1.29 is 4.79 Å². The van der Waals surface area contributed by atoms with E-state index in [9.17, 15) is 4.79 Å². The fraction of sp³-hybridized carbons (Fsp3) is 0.316. The highest BCUT2D eigenvalue weighted by atomic mass is 32.2. The quantitative estimate of drug-likeness (QED) is 0.693. The third-order valence-electron chi connectivity index (χ3n) is 4.54. The van der Waals surface area contributed by atoms with Crippen LogP contribution in [0.4, 0.5) is 5.13 Å². The summed E-state index contributed by atoms with van der Waals surface area (Å²) in [5.41, 5.74) is 1.69. The van der Waals surface area contributed by atoms with Crippen molar-refractivity contribution in [3.05, 3.63) is 48.3 Å². The molecule has 7 heteroatoms. The van der Waals surface area contributed by atoms with Crippen molar-refractivity contribution in [1.82, 2.24) is 15.3 Å². The molecule has 0 aliphatic carbocycles. The van der Waals surface area contributed by atoms with Crippen LogP contribution in [0.15, 0.2) is 47.6 Å². The lowest BCUT2D eigenvalue weighted by Crippen LogP contribution is -2.47. The first-order valence-electron chi connectivity index (χ1n) is 8.64. The van der Waals surface area contributed by atoms with Gasteiger partial charge in [0, 0.05) is 36.4 Å².